The zero-order valence-corrected chi connectivity index (χ0v) is 12.7. The van der Waals surface area contributed by atoms with E-state index in [2.05, 4.69) is 29.4 Å². The van der Waals surface area contributed by atoms with Crippen molar-refractivity contribution >= 4 is 11.9 Å². The Labute approximate surface area is 116 Å². The summed E-state index contributed by atoms with van der Waals surface area (Å²) in [4.78, 5) is 25.5. The maximum absolute atomic E-state index is 11.8. The van der Waals surface area contributed by atoms with E-state index in [-0.39, 0.29) is 11.4 Å². The van der Waals surface area contributed by atoms with Crippen molar-refractivity contribution in [3.63, 3.8) is 0 Å². The lowest BCUT2D eigenvalue weighted by Gasteiger charge is -2.34. The predicted octanol–water partition coefficient (Wildman–Crippen LogP) is 1.59. The van der Waals surface area contributed by atoms with Crippen molar-refractivity contribution in [2.24, 2.45) is 11.8 Å². The van der Waals surface area contributed by atoms with Crippen LogP contribution in [-0.2, 0) is 4.79 Å². The van der Waals surface area contributed by atoms with Gasteiger partial charge < -0.3 is 5.32 Å². The maximum atomic E-state index is 11.8. The molecule has 1 aliphatic rings. The van der Waals surface area contributed by atoms with Crippen molar-refractivity contribution in [2.75, 3.05) is 19.6 Å². The van der Waals surface area contributed by atoms with Crippen molar-refractivity contribution in [3.8, 4) is 0 Å². The van der Waals surface area contributed by atoms with E-state index in [4.69, 9.17) is 0 Å². The largest absolute Gasteiger partial charge is 0.333 e. The molecule has 0 radical (unpaired) electrons. The van der Waals surface area contributed by atoms with Crippen LogP contribution in [0.4, 0.5) is 4.79 Å². The van der Waals surface area contributed by atoms with Crippen molar-refractivity contribution < 1.29 is 9.59 Å². The fraction of sp³-hybridized carbons (Fsp3) is 0.857. The van der Waals surface area contributed by atoms with Crippen molar-refractivity contribution in [2.45, 2.75) is 46.6 Å². The Morgan fingerprint density at radius 2 is 1.68 bits per heavy atom. The molecule has 0 aromatic carbocycles. The minimum Gasteiger partial charge on any atom is -0.333 e. The SMILES string of the molecule is C[C@@H]1C[C@@H](C)CN(CC(=O)NC(=O)NC(C)(C)C)C1. The minimum absolute atomic E-state index is 0.233. The molecule has 1 heterocycles. The fourth-order valence-corrected chi connectivity index (χ4v) is 2.66. The number of piperidine rings is 1. The van der Waals surface area contributed by atoms with E-state index >= 15 is 0 Å². The molecule has 0 aromatic rings. The van der Waals surface area contributed by atoms with Crippen LogP contribution in [0.1, 0.15) is 41.0 Å². The second kappa shape index (κ2) is 6.37. The number of carbonyl (C=O) groups excluding carboxylic acids is 2. The number of nitrogens with one attached hydrogen (secondary N) is 2. The molecule has 3 amide bonds. The minimum atomic E-state index is -0.421. The molecule has 1 aliphatic heterocycles. The quantitative estimate of drug-likeness (QED) is 0.800. The standard InChI is InChI=1S/C14H27N3O2/c1-10-6-11(2)8-17(7-10)9-12(18)15-13(19)16-14(3,4)5/h10-11H,6-9H2,1-5H3,(H2,15,16,18,19)/t10-,11-/m1/s1. The summed E-state index contributed by atoms with van der Waals surface area (Å²) in [6.45, 7) is 12.2. The van der Waals surface area contributed by atoms with Crippen LogP contribution < -0.4 is 10.6 Å². The topological polar surface area (TPSA) is 61.4 Å². The summed E-state index contributed by atoms with van der Waals surface area (Å²) in [7, 11) is 0. The Bertz CT molecular complexity index is 326. The summed E-state index contributed by atoms with van der Waals surface area (Å²) in [5, 5.41) is 5.10. The molecular weight excluding hydrogens is 242 g/mol. The van der Waals surface area contributed by atoms with Gasteiger partial charge in [0.15, 0.2) is 0 Å². The molecule has 0 bridgehead atoms. The zero-order chi connectivity index (χ0) is 14.6. The third kappa shape index (κ3) is 6.57. The molecule has 1 fully saturated rings. The Hall–Kier alpha value is -1.10. The second-order valence-electron chi connectivity index (χ2n) is 6.89. The maximum Gasteiger partial charge on any atom is 0.321 e. The number of likely N-dealkylation sites (tertiary alicyclic amines) is 1. The highest BCUT2D eigenvalue weighted by atomic mass is 16.2. The van der Waals surface area contributed by atoms with E-state index in [9.17, 15) is 9.59 Å². The van der Waals surface area contributed by atoms with Gasteiger partial charge in [-0.2, -0.15) is 0 Å². The number of carbonyl (C=O) groups is 2. The van der Waals surface area contributed by atoms with Crippen LogP contribution in [0.5, 0.6) is 0 Å². The molecule has 19 heavy (non-hydrogen) atoms. The fourth-order valence-electron chi connectivity index (χ4n) is 2.66. The molecule has 1 saturated heterocycles. The van der Waals surface area contributed by atoms with Gasteiger partial charge in [0.2, 0.25) is 5.91 Å². The first kappa shape index (κ1) is 16.0. The number of hydrogen-bond acceptors (Lipinski definition) is 3. The van der Waals surface area contributed by atoms with Crippen LogP contribution in [0.15, 0.2) is 0 Å². The number of amides is 3. The molecule has 5 heteroatoms. The highest BCUT2D eigenvalue weighted by Crippen LogP contribution is 2.20. The van der Waals surface area contributed by atoms with E-state index < -0.39 is 6.03 Å². The summed E-state index contributed by atoms with van der Waals surface area (Å²) in [6.07, 6.45) is 1.21. The van der Waals surface area contributed by atoms with Gasteiger partial charge in [0.1, 0.15) is 0 Å². The molecule has 2 N–H and O–H groups in total. The summed E-state index contributed by atoms with van der Waals surface area (Å²) >= 11 is 0. The van der Waals surface area contributed by atoms with E-state index in [1.165, 1.54) is 6.42 Å². The van der Waals surface area contributed by atoms with Crippen LogP contribution in [0, 0.1) is 11.8 Å². The normalized spacial score (nSPS) is 24.9. The average Bonchev–Trinajstić information content (AvgIpc) is 2.10. The number of imide groups is 1. The summed E-state index contributed by atoms with van der Waals surface area (Å²) in [5.74, 6) is 0.989. The Morgan fingerprint density at radius 1 is 1.16 bits per heavy atom. The molecule has 5 nitrogen and oxygen atoms in total. The van der Waals surface area contributed by atoms with E-state index in [1.807, 2.05) is 20.8 Å². The van der Waals surface area contributed by atoms with Crippen molar-refractivity contribution in [3.05, 3.63) is 0 Å². The Morgan fingerprint density at radius 3 is 2.16 bits per heavy atom. The van der Waals surface area contributed by atoms with E-state index in [0.717, 1.165) is 13.1 Å². The highest BCUT2D eigenvalue weighted by molar-refractivity contribution is 5.95. The average molecular weight is 269 g/mol. The van der Waals surface area contributed by atoms with Crippen molar-refractivity contribution in [1.82, 2.24) is 15.5 Å². The zero-order valence-electron chi connectivity index (χ0n) is 12.7. The molecular formula is C14H27N3O2. The van der Waals surface area contributed by atoms with Crippen LogP contribution >= 0.6 is 0 Å². The molecule has 0 aliphatic carbocycles. The lowest BCUT2D eigenvalue weighted by atomic mass is 9.92. The van der Waals surface area contributed by atoms with Crippen LogP contribution in [-0.4, -0.2) is 42.0 Å². The lowest BCUT2D eigenvalue weighted by Crippen LogP contribution is -2.51. The number of rotatable bonds is 2. The van der Waals surface area contributed by atoms with Gasteiger partial charge in [-0.25, -0.2) is 4.79 Å². The van der Waals surface area contributed by atoms with Gasteiger partial charge >= 0.3 is 6.03 Å². The molecule has 0 aromatic heterocycles. The van der Waals surface area contributed by atoms with Gasteiger partial charge in [0.05, 0.1) is 6.54 Å². The van der Waals surface area contributed by atoms with Crippen LogP contribution in [0.25, 0.3) is 0 Å². The van der Waals surface area contributed by atoms with Gasteiger partial charge in [-0.1, -0.05) is 13.8 Å². The third-order valence-electron chi connectivity index (χ3n) is 3.05. The Balaban J connectivity index is 2.36. The van der Waals surface area contributed by atoms with Gasteiger partial charge in [-0.3, -0.25) is 15.0 Å². The van der Waals surface area contributed by atoms with Gasteiger partial charge in [-0.15, -0.1) is 0 Å². The first-order valence-electron chi connectivity index (χ1n) is 7.00. The second-order valence-corrected chi connectivity index (χ2v) is 6.89. The molecule has 1 rings (SSSR count). The van der Waals surface area contributed by atoms with Crippen LogP contribution in [0.2, 0.25) is 0 Å². The smallest absolute Gasteiger partial charge is 0.321 e. The first-order valence-corrected chi connectivity index (χ1v) is 7.00. The lowest BCUT2D eigenvalue weighted by molar-refractivity contribution is -0.121. The van der Waals surface area contributed by atoms with Crippen LogP contribution in [0.3, 0.4) is 0 Å². The molecule has 0 saturated carbocycles. The molecule has 110 valence electrons. The van der Waals surface area contributed by atoms with Gasteiger partial charge in [-0.05, 0) is 39.0 Å². The van der Waals surface area contributed by atoms with Crippen molar-refractivity contribution in [1.29, 1.82) is 0 Å². The molecule has 0 spiro atoms. The first-order chi connectivity index (χ1) is 8.65. The van der Waals surface area contributed by atoms with Gasteiger partial charge in [0.25, 0.3) is 0 Å². The predicted molar refractivity (Wildman–Crippen MR) is 75.8 cm³/mol. The summed E-state index contributed by atoms with van der Waals surface area (Å²) in [6, 6.07) is -0.421. The molecule has 2 atom stereocenters. The van der Waals surface area contributed by atoms with E-state index in [0.29, 0.717) is 18.4 Å². The highest BCUT2D eigenvalue weighted by Gasteiger charge is 2.24. The summed E-state index contributed by atoms with van der Waals surface area (Å²) in [5.41, 5.74) is -0.335. The molecule has 0 unspecified atom stereocenters. The Kier molecular flexibility index (Phi) is 5.35. The third-order valence-corrected chi connectivity index (χ3v) is 3.05. The van der Waals surface area contributed by atoms with Gasteiger partial charge in [0, 0.05) is 18.6 Å². The number of hydrogen-bond donors (Lipinski definition) is 2. The number of nitrogens with zero attached hydrogens (tertiary/aromatic N) is 1. The van der Waals surface area contributed by atoms with E-state index in [1.54, 1.807) is 0 Å². The number of urea groups is 1. The summed E-state index contributed by atoms with van der Waals surface area (Å²) < 4.78 is 0. The monoisotopic (exact) mass is 269 g/mol.